The molecule has 0 aliphatic heterocycles. The van der Waals surface area contributed by atoms with Crippen molar-refractivity contribution in [3.63, 3.8) is 0 Å². The van der Waals surface area contributed by atoms with E-state index in [1.54, 1.807) is 0 Å². The Kier molecular flexibility index (Phi) is 3.05. The third kappa shape index (κ3) is 2.14. The molecule has 0 N–H and O–H groups in total. The third-order valence-corrected chi connectivity index (χ3v) is 4.16. The molecule has 2 heterocycles. The van der Waals surface area contributed by atoms with E-state index in [2.05, 4.69) is 11.5 Å². The van der Waals surface area contributed by atoms with Crippen LogP contribution in [-0.4, -0.2) is 4.57 Å². The van der Waals surface area contributed by atoms with Crippen LogP contribution in [0.25, 0.3) is 33.0 Å². The van der Waals surface area contributed by atoms with E-state index in [0.717, 1.165) is 23.0 Å². The van der Waals surface area contributed by atoms with Crippen LogP contribution in [0, 0.1) is 5.82 Å². The van der Waals surface area contributed by atoms with E-state index < -0.39 is 5.82 Å². The maximum Gasteiger partial charge on any atom is 0.200 e. The first-order valence-electron chi connectivity index (χ1n) is 7.47. The van der Waals surface area contributed by atoms with Crippen LogP contribution in [-0.2, 0) is 6.54 Å². The molecular weight excluding hydrogens is 293 g/mol. The summed E-state index contributed by atoms with van der Waals surface area (Å²) in [4.78, 5) is 12.6. The highest BCUT2D eigenvalue weighted by Gasteiger charge is 2.11. The van der Waals surface area contributed by atoms with E-state index in [9.17, 15) is 9.18 Å². The first-order chi connectivity index (χ1) is 11.2. The van der Waals surface area contributed by atoms with Crippen molar-refractivity contribution in [2.45, 2.75) is 13.5 Å². The molecule has 4 heteroatoms. The number of aromatic nitrogens is 1. The van der Waals surface area contributed by atoms with Crippen molar-refractivity contribution in [2.75, 3.05) is 0 Å². The Labute approximate surface area is 131 Å². The van der Waals surface area contributed by atoms with Gasteiger partial charge in [-0.3, -0.25) is 4.79 Å². The molecule has 0 radical (unpaired) electrons. The van der Waals surface area contributed by atoms with Crippen molar-refractivity contribution in [2.24, 2.45) is 0 Å². The topological polar surface area (TPSA) is 35.1 Å². The minimum Gasteiger partial charge on any atom is -0.463 e. The summed E-state index contributed by atoms with van der Waals surface area (Å²) in [7, 11) is 0. The molecule has 4 aromatic rings. The van der Waals surface area contributed by atoms with E-state index in [0.29, 0.717) is 11.1 Å². The number of halogens is 1. The Balaban J connectivity index is 1.95. The molecule has 114 valence electrons. The molecule has 23 heavy (non-hydrogen) atoms. The summed E-state index contributed by atoms with van der Waals surface area (Å²) < 4.78 is 21.1. The summed E-state index contributed by atoms with van der Waals surface area (Å²) in [5, 5.41) is 1.32. The van der Waals surface area contributed by atoms with Crippen LogP contribution in [0.4, 0.5) is 4.39 Å². The molecular formula is C19H14FNO2. The third-order valence-electron chi connectivity index (χ3n) is 4.16. The number of aryl methyl sites for hydroxylation is 1. The smallest absolute Gasteiger partial charge is 0.200 e. The van der Waals surface area contributed by atoms with Gasteiger partial charge >= 0.3 is 0 Å². The van der Waals surface area contributed by atoms with Gasteiger partial charge < -0.3 is 8.98 Å². The predicted molar refractivity (Wildman–Crippen MR) is 89.0 cm³/mol. The predicted octanol–water partition coefficient (Wildman–Crippen LogP) is 4.57. The number of nitrogens with zero attached hydrogens (tertiary/aromatic N) is 1. The summed E-state index contributed by atoms with van der Waals surface area (Å²) in [6.07, 6.45) is 3.47. The van der Waals surface area contributed by atoms with Crippen LogP contribution in [0.2, 0.25) is 0 Å². The molecule has 0 atom stereocenters. The Bertz CT molecular complexity index is 1090. The Hall–Kier alpha value is -2.88. The quantitative estimate of drug-likeness (QED) is 0.543. The van der Waals surface area contributed by atoms with Gasteiger partial charge in [-0.25, -0.2) is 4.39 Å². The molecule has 0 aliphatic carbocycles. The van der Waals surface area contributed by atoms with Crippen molar-refractivity contribution >= 4 is 21.9 Å². The van der Waals surface area contributed by atoms with Gasteiger partial charge in [-0.15, -0.1) is 0 Å². The van der Waals surface area contributed by atoms with E-state index in [4.69, 9.17) is 4.42 Å². The molecule has 0 aliphatic rings. The van der Waals surface area contributed by atoms with Crippen LogP contribution in [0.5, 0.6) is 0 Å². The summed E-state index contributed by atoms with van der Waals surface area (Å²) in [6, 6.07) is 11.8. The van der Waals surface area contributed by atoms with Gasteiger partial charge in [-0.2, -0.15) is 0 Å². The van der Waals surface area contributed by atoms with Crippen molar-refractivity contribution < 1.29 is 8.81 Å². The zero-order valence-electron chi connectivity index (χ0n) is 12.5. The lowest BCUT2D eigenvalue weighted by Crippen LogP contribution is -2.05. The zero-order valence-corrected chi connectivity index (χ0v) is 12.5. The van der Waals surface area contributed by atoms with Crippen molar-refractivity contribution in [1.29, 1.82) is 0 Å². The maximum absolute atomic E-state index is 13.4. The van der Waals surface area contributed by atoms with Crippen LogP contribution in [0.15, 0.2) is 64.1 Å². The van der Waals surface area contributed by atoms with Gasteiger partial charge in [0.2, 0.25) is 5.43 Å². The molecule has 2 aromatic heterocycles. The standard InChI is InChI=1S/C19H14FNO2/c1-2-21-8-7-13-9-12(3-5-17(13)21)16-11-23-18-6-4-14(20)10-15(18)19(16)22/h3-11H,2H2,1H3. The molecule has 0 saturated carbocycles. The van der Waals surface area contributed by atoms with E-state index >= 15 is 0 Å². The largest absolute Gasteiger partial charge is 0.463 e. The minimum absolute atomic E-state index is 0.222. The van der Waals surface area contributed by atoms with Crippen molar-refractivity contribution in [3.05, 3.63) is 71.0 Å². The maximum atomic E-state index is 13.4. The lowest BCUT2D eigenvalue weighted by molar-refractivity contribution is 0.598. The lowest BCUT2D eigenvalue weighted by Gasteiger charge is -2.05. The van der Waals surface area contributed by atoms with Crippen LogP contribution in [0.3, 0.4) is 0 Å². The highest BCUT2D eigenvalue weighted by Crippen LogP contribution is 2.25. The van der Waals surface area contributed by atoms with Gasteiger partial charge in [0.05, 0.1) is 10.9 Å². The molecule has 0 bridgehead atoms. The normalized spacial score (nSPS) is 11.4. The molecule has 4 rings (SSSR count). The van der Waals surface area contributed by atoms with Crippen molar-refractivity contribution in [3.8, 4) is 11.1 Å². The SMILES string of the molecule is CCn1ccc2cc(-c3coc4ccc(F)cc4c3=O)ccc21. The highest BCUT2D eigenvalue weighted by atomic mass is 19.1. The highest BCUT2D eigenvalue weighted by molar-refractivity contribution is 5.87. The molecule has 0 amide bonds. The monoisotopic (exact) mass is 307 g/mol. The van der Waals surface area contributed by atoms with Crippen LogP contribution < -0.4 is 5.43 Å². The summed E-state index contributed by atoms with van der Waals surface area (Å²) in [5.41, 5.74) is 2.49. The first-order valence-corrected chi connectivity index (χ1v) is 7.47. The molecule has 0 unspecified atom stereocenters. The van der Waals surface area contributed by atoms with E-state index in [1.807, 2.05) is 30.5 Å². The van der Waals surface area contributed by atoms with Gasteiger partial charge in [0, 0.05) is 23.6 Å². The number of hydrogen-bond acceptors (Lipinski definition) is 2. The molecule has 0 fully saturated rings. The average molecular weight is 307 g/mol. The van der Waals surface area contributed by atoms with Gasteiger partial charge in [0.1, 0.15) is 17.7 Å². The number of fused-ring (bicyclic) bond motifs is 2. The molecule has 0 saturated heterocycles. The van der Waals surface area contributed by atoms with E-state index in [-0.39, 0.29) is 10.8 Å². The lowest BCUT2D eigenvalue weighted by atomic mass is 10.0. The number of benzene rings is 2. The Morgan fingerprint density at radius 3 is 2.83 bits per heavy atom. The van der Waals surface area contributed by atoms with Crippen LogP contribution >= 0.6 is 0 Å². The second kappa shape index (κ2) is 5.09. The second-order valence-electron chi connectivity index (χ2n) is 5.49. The number of rotatable bonds is 2. The molecule has 3 nitrogen and oxygen atoms in total. The van der Waals surface area contributed by atoms with Crippen LogP contribution in [0.1, 0.15) is 6.92 Å². The number of hydrogen-bond donors (Lipinski definition) is 0. The second-order valence-corrected chi connectivity index (χ2v) is 5.49. The summed E-state index contributed by atoms with van der Waals surface area (Å²) >= 11 is 0. The molecule has 2 aromatic carbocycles. The average Bonchev–Trinajstić information content (AvgIpc) is 2.98. The Morgan fingerprint density at radius 2 is 2.00 bits per heavy atom. The Morgan fingerprint density at radius 1 is 1.13 bits per heavy atom. The van der Waals surface area contributed by atoms with Crippen molar-refractivity contribution in [1.82, 2.24) is 4.57 Å². The van der Waals surface area contributed by atoms with Gasteiger partial charge in [-0.1, -0.05) is 6.07 Å². The first kappa shape index (κ1) is 13.8. The fraction of sp³-hybridized carbons (Fsp3) is 0.105. The van der Waals surface area contributed by atoms with E-state index in [1.165, 1.54) is 24.5 Å². The van der Waals surface area contributed by atoms with Gasteiger partial charge in [0.25, 0.3) is 0 Å². The van der Waals surface area contributed by atoms with Gasteiger partial charge in [0.15, 0.2) is 0 Å². The van der Waals surface area contributed by atoms with Gasteiger partial charge in [-0.05, 0) is 48.9 Å². The summed E-state index contributed by atoms with van der Waals surface area (Å²) in [5.74, 6) is -0.447. The summed E-state index contributed by atoms with van der Waals surface area (Å²) in [6.45, 7) is 2.97. The fourth-order valence-corrected chi connectivity index (χ4v) is 2.95. The minimum atomic E-state index is -0.447. The zero-order chi connectivity index (χ0) is 16.0. The molecule has 0 spiro atoms. The fourth-order valence-electron chi connectivity index (χ4n) is 2.95.